The summed E-state index contributed by atoms with van der Waals surface area (Å²) in [6.07, 6.45) is 1.85. The lowest BCUT2D eigenvalue weighted by Crippen LogP contribution is -2.16. The summed E-state index contributed by atoms with van der Waals surface area (Å²) in [6, 6.07) is 0. The third kappa shape index (κ3) is 1.78. The van der Waals surface area contributed by atoms with Crippen LogP contribution in [0.15, 0.2) is 12.4 Å². The van der Waals surface area contributed by atoms with Crippen molar-refractivity contribution >= 4 is 5.78 Å². The van der Waals surface area contributed by atoms with E-state index in [0.717, 1.165) is 12.4 Å². The Morgan fingerprint density at radius 3 is 2.55 bits per heavy atom. The minimum Gasteiger partial charge on any atom is -0.324 e. The van der Waals surface area contributed by atoms with E-state index in [1.807, 2.05) is 0 Å². The van der Waals surface area contributed by atoms with Crippen molar-refractivity contribution in [2.75, 3.05) is 6.54 Å². The Hall–Kier alpha value is -1.36. The van der Waals surface area contributed by atoms with E-state index in [0.29, 0.717) is 0 Å². The zero-order valence-corrected chi connectivity index (χ0v) is 5.62. The third-order valence-corrected chi connectivity index (χ3v) is 1.06. The molecule has 5 heteroatoms. The molecule has 4 nitrogen and oxygen atoms in total. The average Bonchev–Trinajstić information content (AvgIpc) is 2.05. The molecule has 0 aromatic carbocycles. The lowest BCUT2D eigenvalue weighted by molar-refractivity contribution is 0.0991. The maximum absolute atomic E-state index is 12.2. The van der Waals surface area contributed by atoms with Crippen LogP contribution in [-0.2, 0) is 0 Å². The van der Waals surface area contributed by atoms with Gasteiger partial charge in [-0.15, -0.1) is 0 Å². The lowest BCUT2D eigenvalue weighted by atomic mass is 10.4. The molecule has 1 rings (SSSR count). The van der Waals surface area contributed by atoms with Gasteiger partial charge < -0.3 is 5.73 Å². The van der Waals surface area contributed by atoms with E-state index in [2.05, 4.69) is 9.97 Å². The Balaban J connectivity index is 2.90. The van der Waals surface area contributed by atoms with E-state index in [1.54, 1.807) is 0 Å². The largest absolute Gasteiger partial charge is 0.324 e. The Morgan fingerprint density at radius 1 is 1.55 bits per heavy atom. The highest BCUT2D eigenvalue weighted by atomic mass is 19.1. The molecule has 1 aromatic heterocycles. The van der Waals surface area contributed by atoms with Crippen molar-refractivity contribution in [2.45, 2.75) is 0 Å². The van der Waals surface area contributed by atoms with Gasteiger partial charge in [-0.05, 0) is 0 Å². The molecule has 0 saturated heterocycles. The van der Waals surface area contributed by atoms with Gasteiger partial charge >= 0.3 is 0 Å². The van der Waals surface area contributed by atoms with Gasteiger partial charge in [-0.25, -0.2) is 14.4 Å². The van der Waals surface area contributed by atoms with E-state index in [9.17, 15) is 9.18 Å². The number of nitrogens with two attached hydrogens (primary N) is 1. The average molecular weight is 155 g/mol. The zero-order chi connectivity index (χ0) is 8.27. The summed E-state index contributed by atoms with van der Waals surface area (Å²) in [7, 11) is 0. The highest BCUT2D eigenvalue weighted by molar-refractivity contribution is 5.93. The van der Waals surface area contributed by atoms with Gasteiger partial charge in [0.1, 0.15) is 0 Å². The van der Waals surface area contributed by atoms with Crippen molar-refractivity contribution in [3.05, 3.63) is 24.0 Å². The molecular weight excluding hydrogens is 149 g/mol. The van der Waals surface area contributed by atoms with E-state index in [1.165, 1.54) is 0 Å². The number of rotatable bonds is 2. The van der Waals surface area contributed by atoms with Crippen LogP contribution in [0.25, 0.3) is 0 Å². The van der Waals surface area contributed by atoms with Crippen LogP contribution in [0.3, 0.4) is 0 Å². The number of carbonyl (C=O) groups excluding carboxylic acids is 1. The SMILES string of the molecule is NCC(=O)c1ncc(F)cn1. The molecule has 0 unspecified atom stereocenters. The second-order valence-corrected chi connectivity index (χ2v) is 1.85. The molecule has 0 saturated carbocycles. The number of carbonyl (C=O) groups is 1. The predicted octanol–water partition coefficient (Wildman–Crippen LogP) is -0.243. The molecule has 1 heterocycles. The van der Waals surface area contributed by atoms with Crippen LogP contribution < -0.4 is 5.73 Å². The highest BCUT2D eigenvalue weighted by Gasteiger charge is 2.05. The summed E-state index contributed by atoms with van der Waals surface area (Å²) < 4.78 is 12.2. The fraction of sp³-hybridized carbons (Fsp3) is 0.167. The van der Waals surface area contributed by atoms with Crippen molar-refractivity contribution in [3.8, 4) is 0 Å². The lowest BCUT2D eigenvalue weighted by Gasteiger charge is -1.93. The van der Waals surface area contributed by atoms with E-state index < -0.39 is 11.6 Å². The first-order valence-corrected chi connectivity index (χ1v) is 2.95. The first-order chi connectivity index (χ1) is 5.24. The van der Waals surface area contributed by atoms with Crippen LogP contribution in [0.1, 0.15) is 10.6 Å². The number of Topliss-reactive ketones (excluding diaryl/α,β-unsaturated/α-hetero) is 1. The van der Waals surface area contributed by atoms with Crippen molar-refractivity contribution in [3.63, 3.8) is 0 Å². The van der Waals surface area contributed by atoms with Gasteiger partial charge in [-0.3, -0.25) is 4.79 Å². The van der Waals surface area contributed by atoms with Crippen LogP contribution in [0.4, 0.5) is 4.39 Å². The molecule has 0 bridgehead atoms. The highest BCUT2D eigenvalue weighted by Crippen LogP contribution is 1.92. The molecule has 0 aliphatic heterocycles. The number of nitrogens with zero attached hydrogens (tertiary/aromatic N) is 2. The Labute approximate surface area is 62.3 Å². The Morgan fingerprint density at radius 2 is 2.09 bits per heavy atom. The standard InChI is InChI=1S/C6H6FN3O/c7-4-2-9-6(10-3-4)5(11)1-8/h2-3H,1,8H2. The molecule has 0 fully saturated rings. The van der Waals surface area contributed by atoms with Gasteiger partial charge in [0.2, 0.25) is 5.78 Å². The van der Waals surface area contributed by atoms with Crippen LogP contribution in [0, 0.1) is 5.82 Å². The molecule has 0 amide bonds. The minimum atomic E-state index is -0.571. The molecule has 0 aliphatic rings. The van der Waals surface area contributed by atoms with Crippen LogP contribution >= 0.6 is 0 Å². The summed E-state index contributed by atoms with van der Waals surface area (Å²) in [5, 5.41) is 0. The normalized spacial score (nSPS) is 9.64. The number of ketones is 1. The Bertz CT molecular complexity index is 259. The van der Waals surface area contributed by atoms with E-state index in [4.69, 9.17) is 5.73 Å². The van der Waals surface area contributed by atoms with Crippen LogP contribution in [0.2, 0.25) is 0 Å². The molecule has 1 aromatic rings. The smallest absolute Gasteiger partial charge is 0.213 e. The second kappa shape index (κ2) is 3.16. The maximum Gasteiger partial charge on any atom is 0.213 e. The number of aromatic nitrogens is 2. The Kier molecular flexibility index (Phi) is 2.22. The van der Waals surface area contributed by atoms with Crippen molar-refractivity contribution in [1.82, 2.24) is 9.97 Å². The van der Waals surface area contributed by atoms with Gasteiger partial charge in [0.25, 0.3) is 0 Å². The molecule has 0 atom stereocenters. The molecule has 0 radical (unpaired) electrons. The summed E-state index contributed by atoms with van der Waals surface area (Å²) in [4.78, 5) is 17.6. The third-order valence-electron chi connectivity index (χ3n) is 1.06. The monoisotopic (exact) mass is 155 g/mol. The second-order valence-electron chi connectivity index (χ2n) is 1.85. The zero-order valence-electron chi connectivity index (χ0n) is 5.62. The van der Waals surface area contributed by atoms with Crippen molar-refractivity contribution < 1.29 is 9.18 Å². The maximum atomic E-state index is 12.2. The fourth-order valence-corrected chi connectivity index (χ4v) is 0.548. The number of halogens is 1. The summed E-state index contributed by atoms with van der Waals surface area (Å²) >= 11 is 0. The first-order valence-electron chi connectivity index (χ1n) is 2.95. The number of hydrogen-bond acceptors (Lipinski definition) is 4. The first kappa shape index (κ1) is 7.74. The predicted molar refractivity (Wildman–Crippen MR) is 35.4 cm³/mol. The van der Waals surface area contributed by atoms with Gasteiger partial charge in [0.05, 0.1) is 18.9 Å². The molecule has 0 aliphatic carbocycles. The molecule has 2 N–H and O–H groups in total. The molecule has 11 heavy (non-hydrogen) atoms. The van der Waals surface area contributed by atoms with Gasteiger partial charge in [0.15, 0.2) is 11.6 Å². The van der Waals surface area contributed by atoms with E-state index in [-0.39, 0.29) is 12.4 Å². The number of hydrogen-bond donors (Lipinski definition) is 1. The fourth-order valence-electron chi connectivity index (χ4n) is 0.548. The quantitative estimate of drug-likeness (QED) is 0.598. The summed E-state index contributed by atoms with van der Waals surface area (Å²) in [5.41, 5.74) is 5.02. The topological polar surface area (TPSA) is 68.9 Å². The van der Waals surface area contributed by atoms with Crippen LogP contribution in [-0.4, -0.2) is 22.3 Å². The summed E-state index contributed by atoms with van der Waals surface area (Å²) in [6.45, 7) is -0.161. The molecule has 58 valence electrons. The van der Waals surface area contributed by atoms with Crippen LogP contribution in [0.5, 0.6) is 0 Å². The van der Waals surface area contributed by atoms with Crippen molar-refractivity contribution in [2.24, 2.45) is 5.73 Å². The van der Waals surface area contributed by atoms with Gasteiger partial charge in [0, 0.05) is 0 Å². The summed E-state index contributed by atoms with van der Waals surface area (Å²) in [5.74, 6) is -1.02. The van der Waals surface area contributed by atoms with Gasteiger partial charge in [-0.1, -0.05) is 0 Å². The minimum absolute atomic E-state index is 0.0473. The molecular formula is C6H6FN3O. The molecule has 0 spiro atoms. The van der Waals surface area contributed by atoms with Crippen molar-refractivity contribution in [1.29, 1.82) is 0 Å². The van der Waals surface area contributed by atoms with Gasteiger partial charge in [-0.2, -0.15) is 0 Å². The van der Waals surface area contributed by atoms with E-state index >= 15 is 0 Å².